The van der Waals surface area contributed by atoms with Crippen LogP contribution in [0.25, 0.3) is 10.9 Å². The van der Waals surface area contributed by atoms with E-state index in [1.807, 2.05) is 25.7 Å². The highest BCUT2D eigenvalue weighted by atomic mass is 79.9. The highest BCUT2D eigenvalue weighted by Gasteiger charge is 2.13. The molecule has 0 aliphatic carbocycles. The lowest BCUT2D eigenvalue weighted by Gasteiger charge is -2.10. The molecule has 0 aliphatic heterocycles. The molecule has 1 N–H and O–H groups in total. The van der Waals surface area contributed by atoms with E-state index in [1.165, 1.54) is 22.2 Å². The zero-order chi connectivity index (χ0) is 15.0. The normalized spacial score (nSPS) is 11.4. The van der Waals surface area contributed by atoms with Gasteiger partial charge in [-0.05, 0) is 46.9 Å². The van der Waals surface area contributed by atoms with Gasteiger partial charge in [0.05, 0.1) is 27.9 Å². The molecule has 0 aliphatic rings. The molecule has 0 saturated heterocycles. The van der Waals surface area contributed by atoms with Crippen molar-refractivity contribution in [2.75, 3.05) is 7.05 Å². The van der Waals surface area contributed by atoms with E-state index in [9.17, 15) is 0 Å². The van der Waals surface area contributed by atoms with Crippen molar-refractivity contribution in [2.24, 2.45) is 7.05 Å². The number of fused-ring (bicyclic) bond motifs is 1. The predicted octanol–water partition coefficient (Wildman–Crippen LogP) is 3.21. The average Bonchev–Trinajstić information content (AvgIpc) is 2.97. The molecule has 5 heteroatoms. The fourth-order valence-corrected chi connectivity index (χ4v) is 3.28. The van der Waals surface area contributed by atoms with Crippen molar-refractivity contribution in [3.05, 3.63) is 51.9 Å². The first-order chi connectivity index (χ1) is 10.1. The van der Waals surface area contributed by atoms with Crippen LogP contribution < -0.4 is 5.32 Å². The van der Waals surface area contributed by atoms with Gasteiger partial charge in [0.2, 0.25) is 0 Å². The summed E-state index contributed by atoms with van der Waals surface area (Å²) in [5.74, 6) is 0. The highest BCUT2D eigenvalue weighted by Crippen LogP contribution is 2.25. The van der Waals surface area contributed by atoms with Crippen molar-refractivity contribution >= 4 is 26.8 Å². The largest absolute Gasteiger partial charge is 0.341 e. The van der Waals surface area contributed by atoms with Crippen LogP contribution in [0.3, 0.4) is 0 Å². The lowest BCUT2D eigenvalue weighted by atomic mass is 10.1. The first kappa shape index (κ1) is 14.4. The maximum absolute atomic E-state index is 4.47. The zero-order valence-corrected chi connectivity index (χ0v) is 14.1. The van der Waals surface area contributed by atoms with Gasteiger partial charge in [-0.3, -0.25) is 4.68 Å². The molecule has 0 amide bonds. The monoisotopic (exact) mass is 346 g/mol. The van der Waals surface area contributed by atoms with Crippen LogP contribution in [-0.4, -0.2) is 21.4 Å². The Morgan fingerprint density at radius 3 is 2.76 bits per heavy atom. The molecular formula is C16H19BrN4. The lowest BCUT2D eigenvalue weighted by molar-refractivity contribution is 0.670. The maximum Gasteiger partial charge on any atom is 0.0739 e. The van der Waals surface area contributed by atoms with Gasteiger partial charge < -0.3 is 9.88 Å². The summed E-state index contributed by atoms with van der Waals surface area (Å²) >= 11 is 3.65. The molecule has 1 aromatic carbocycles. The summed E-state index contributed by atoms with van der Waals surface area (Å²) < 4.78 is 5.34. The van der Waals surface area contributed by atoms with E-state index < -0.39 is 0 Å². The summed E-state index contributed by atoms with van der Waals surface area (Å²) in [5, 5.41) is 8.99. The Balaban J connectivity index is 2.08. The van der Waals surface area contributed by atoms with Gasteiger partial charge in [0.25, 0.3) is 0 Å². The number of aromatic nitrogens is 3. The summed E-state index contributed by atoms with van der Waals surface area (Å²) in [7, 11) is 3.97. The SMILES string of the molecule is CNCc1cccc2ccn(Cc3c(Br)c(C)nn3C)c12. The van der Waals surface area contributed by atoms with Crippen LogP contribution in [0.2, 0.25) is 0 Å². The molecule has 2 heterocycles. The molecule has 0 bridgehead atoms. The van der Waals surface area contributed by atoms with Crippen LogP contribution >= 0.6 is 15.9 Å². The third kappa shape index (κ3) is 2.51. The topological polar surface area (TPSA) is 34.8 Å². The van der Waals surface area contributed by atoms with Crippen molar-refractivity contribution in [1.82, 2.24) is 19.7 Å². The van der Waals surface area contributed by atoms with Gasteiger partial charge in [0, 0.05) is 19.8 Å². The molecule has 0 spiro atoms. The summed E-state index contributed by atoms with van der Waals surface area (Å²) in [6.07, 6.45) is 2.15. The first-order valence-electron chi connectivity index (χ1n) is 7.01. The Bertz CT molecular complexity index is 785. The molecule has 0 saturated carbocycles. The van der Waals surface area contributed by atoms with Gasteiger partial charge in [-0.2, -0.15) is 5.10 Å². The Labute approximate surface area is 132 Å². The predicted molar refractivity (Wildman–Crippen MR) is 89.4 cm³/mol. The van der Waals surface area contributed by atoms with E-state index in [1.54, 1.807) is 0 Å². The van der Waals surface area contributed by atoms with Crippen LogP contribution in [0, 0.1) is 6.92 Å². The first-order valence-corrected chi connectivity index (χ1v) is 7.80. The second kappa shape index (κ2) is 5.66. The number of nitrogens with one attached hydrogen (secondary N) is 1. The van der Waals surface area contributed by atoms with Crippen molar-refractivity contribution in [2.45, 2.75) is 20.0 Å². The van der Waals surface area contributed by atoms with E-state index in [0.29, 0.717) is 0 Å². The van der Waals surface area contributed by atoms with E-state index in [4.69, 9.17) is 0 Å². The number of hydrogen-bond acceptors (Lipinski definition) is 2. The van der Waals surface area contributed by atoms with E-state index >= 15 is 0 Å². The number of halogens is 1. The summed E-state index contributed by atoms with van der Waals surface area (Å²) in [6.45, 7) is 3.70. The van der Waals surface area contributed by atoms with E-state index in [0.717, 1.165) is 23.3 Å². The van der Waals surface area contributed by atoms with Crippen LogP contribution in [0.1, 0.15) is 17.0 Å². The van der Waals surface area contributed by atoms with Crippen molar-refractivity contribution in [1.29, 1.82) is 0 Å². The minimum atomic E-state index is 0.808. The second-order valence-corrected chi connectivity index (χ2v) is 6.09. The van der Waals surface area contributed by atoms with Gasteiger partial charge in [-0.25, -0.2) is 0 Å². The molecule has 2 aromatic heterocycles. The van der Waals surface area contributed by atoms with Gasteiger partial charge >= 0.3 is 0 Å². The van der Waals surface area contributed by atoms with Gasteiger partial charge in [0.1, 0.15) is 0 Å². The smallest absolute Gasteiger partial charge is 0.0739 e. The summed E-state index contributed by atoms with van der Waals surface area (Å²) in [5.41, 5.74) is 4.82. The molecular weight excluding hydrogens is 328 g/mol. The van der Waals surface area contributed by atoms with Crippen LogP contribution in [0.5, 0.6) is 0 Å². The molecule has 3 rings (SSSR count). The molecule has 110 valence electrons. The molecule has 0 fully saturated rings. The van der Waals surface area contributed by atoms with Gasteiger partial charge in [-0.1, -0.05) is 18.2 Å². The molecule has 4 nitrogen and oxygen atoms in total. The Kier molecular flexibility index (Phi) is 3.87. The standard InChI is InChI=1S/C16H19BrN4/c1-11-15(17)14(20(3)19-11)10-21-8-7-12-5-4-6-13(9-18-2)16(12)21/h4-8,18H,9-10H2,1-3H3. The number of aryl methyl sites for hydroxylation is 2. The minimum Gasteiger partial charge on any atom is -0.341 e. The second-order valence-electron chi connectivity index (χ2n) is 5.30. The third-order valence-corrected chi connectivity index (χ3v) is 4.85. The summed E-state index contributed by atoms with van der Waals surface area (Å²) in [4.78, 5) is 0. The number of rotatable bonds is 4. The molecule has 21 heavy (non-hydrogen) atoms. The maximum atomic E-state index is 4.47. The van der Waals surface area contributed by atoms with E-state index in [-0.39, 0.29) is 0 Å². The van der Waals surface area contributed by atoms with Crippen molar-refractivity contribution in [3.8, 4) is 0 Å². The number of para-hydroxylation sites is 1. The summed E-state index contributed by atoms with van der Waals surface area (Å²) in [6, 6.07) is 8.63. The van der Waals surface area contributed by atoms with Gasteiger partial charge in [-0.15, -0.1) is 0 Å². The fraction of sp³-hybridized carbons (Fsp3) is 0.312. The number of benzene rings is 1. The van der Waals surface area contributed by atoms with Crippen LogP contribution in [0.15, 0.2) is 34.9 Å². The zero-order valence-electron chi connectivity index (χ0n) is 12.5. The Morgan fingerprint density at radius 2 is 2.10 bits per heavy atom. The Morgan fingerprint density at radius 1 is 1.29 bits per heavy atom. The molecule has 0 radical (unpaired) electrons. The van der Waals surface area contributed by atoms with Crippen LogP contribution in [-0.2, 0) is 20.1 Å². The van der Waals surface area contributed by atoms with E-state index in [2.05, 4.69) is 61.4 Å². The average molecular weight is 347 g/mol. The number of nitrogens with zero attached hydrogens (tertiary/aromatic N) is 3. The quantitative estimate of drug-likeness (QED) is 0.787. The molecule has 0 atom stereocenters. The fourth-order valence-electron chi connectivity index (χ4n) is 2.82. The van der Waals surface area contributed by atoms with Crippen molar-refractivity contribution in [3.63, 3.8) is 0 Å². The van der Waals surface area contributed by atoms with Crippen LogP contribution in [0.4, 0.5) is 0 Å². The van der Waals surface area contributed by atoms with Crippen molar-refractivity contribution < 1.29 is 0 Å². The third-order valence-electron chi connectivity index (χ3n) is 3.82. The lowest BCUT2D eigenvalue weighted by Crippen LogP contribution is -2.09. The number of hydrogen-bond donors (Lipinski definition) is 1. The minimum absolute atomic E-state index is 0.808. The van der Waals surface area contributed by atoms with Gasteiger partial charge in [0.15, 0.2) is 0 Å². The molecule has 3 aromatic rings. The molecule has 0 unspecified atom stereocenters. The Hall–Kier alpha value is -1.59. The highest BCUT2D eigenvalue weighted by molar-refractivity contribution is 9.10.